The second-order valence-electron chi connectivity index (χ2n) is 5.51. The normalized spacial score (nSPS) is 19.4. The van der Waals surface area contributed by atoms with Crippen molar-refractivity contribution in [2.75, 3.05) is 38.7 Å². The maximum Gasteiger partial charge on any atom is 0.401 e. The van der Waals surface area contributed by atoms with E-state index in [-0.39, 0.29) is 18.4 Å². The van der Waals surface area contributed by atoms with Crippen LogP contribution in [-0.2, 0) is 4.79 Å². The Morgan fingerprint density at radius 1 is 1.43 bits per heavy atom. The zero-order valence-corrected chi connectivity index (χ0v) is 13.0. The highest BCUT2D eigenvalue weighted by atomic mass is 19.4. The Hall–Kier alpha value is -1.90. The number of hydrogen-bond donors (Lipinski definition) is 0. The third-order valence-electron chi connectivity index (χ3n) is 3.74. The number of ether oxygens (including phenoxy) is 1. The first kappa shape index (κ1) is 17.5. The van der Waals surface area contributed by atoms with E-state index in [0.717, 1.165) is 0 Å². The van der Waals surface area contributed by atoms with Crippen molar-refractivity contribution in [3.8, 4) is 5.75 Å². The lowest BCUT2D eigenvalue weighted by Crippen LogP contribution is -2.46. The van der Waals surface area contributed by atoms with E-state index in [1.807, 2.05) is 0 Å². The number of amides is 1. The molecule has 0 aliphatic carbocycles. The van der Waals surface area contributed by atoms with Gasteiger partial charge in [0.15, 0.2) is 5.75 Å². The van der Waals surface area contributed by atoms with Crippen LogP contribution in [0, 0.1) is 5.92 Å². The number of hydrogen-bond acceptors (Lipinski definition) is 5. The van der Waals surface area contributed by atoms with Gasteiger partial charge in [-0.2, -0.15) is 13.2 Å². The first-order valence-corrected chi connectivity index (χ1v) is 7.23. The summed E-state index contributed by atoms with van der Waals surface area (Å²) in [7, 11) is 3.00. The number of carbonyl (C=O) groups excluding carboxylic acids is 1. The van der Waals surface area contributed by atoms with Crippen LogP contribution in [0.4, 0.5) is 19.1 Å². The number of alkyl halides is 3. The maximum absolute atomic E-state index is 12.5. The molecular formula is C14H19F3N4O2. The molecular weight excluding hydrogens is 313 g/mol. The molecule has 23 heavy (non-hydrogen) atoms. The van der Waals surface area contributed by atoms with Crippen molar-refractivity contribution in [3.05, 3.63) is 12.4 Å². The van der Waals surface area contributed by atoms with Crippen LogP contribution in [-0.4, -0.2) is 60.7 Å². The highest BCUT2D eigenvalue weighted by Gasteiger charge is 2.35. The van der Waals surface area contributed by atoms with Crippen molar-refractivity contribution in [1.29, 1.82) is 0 Å². The molecule has 0 radical (unpaired) electrons. The highest BCUT2D eigenvalue weighted by Crippen LogP contribution is 2.24. The number of carbonyl (C=O) groups is 1. The Morgan fingerprint density at radius 2 is 2.09 bits per heavy atom. The fraction of sp³-hybridized carbons (Fsp3) is 0.643. The standard InChI is InChI=1S/C14H19F3N4O2/c1-20(13-18-6-11(23-2)7-19-13)12(22)10-4-3-5-21(8-10)9-14(15,16)17/h6-7,10H,3-5,8-9H2,1-2H3. The quantitative estimate of drug-likeness (QED) is 0.840. The number of rotatable bonds is 4. The molecule has 0 N–H and O–H groups in total. The number of methoxy groups -OCH3 is 1. The molecule has 1 atom stereocenters. The van der Waals surface area contributed by atoms with E-state index < -0.39 is 18.6 Å². The SMILES string of the molecule is COc1cnc(N(C)C(=O)C2CCCN(CC(F)(F)F)C2)nc1. The molecule has 1 aliphatic rings. The van der Waals surface area contributed by atoms with Crippen LogP contribution >= 0.6 is 0 Å². The molecule has 128 valence electrons. The minimum absolute atomic E-state index is 0.0961. The number of aromatic nitrogens is 2. The Labute approximate surface area is 132 Å². The summed E-state index contributed by atoms with van der Waals surface area (Å²) >= 11 is 0. The predicted molar refractivity (Wildman–Crippen MR) is 77.2 cm³/mol. The minimum atomic E-state index is -4.25. The van der Waals surface area contributed by atoms with Crippen LogP contribution in [0.25, 0.3) is 0 Å². The minimum Gasteiger partial charge on any atom is -0.494 e. The van der Waals surface area contributed by atoms with E-state index in [4.69, 9.17) is 4.74 Å². The van der Waals surface area contributed by atoms with Gasteiger partial charge in [-0.1, -0.05) is 0 Å². The molecule has 1 saturated heterocycles. The van der Waals surface area contributed by atoms with Crippen LogP contribution in [0.1, 0.15) is 12.8 Å². The summed E-state index contributed by atoms with van der Waals surface area (Å²) in [5.41, 5.74) is 0. The molecule has 0 spiro atoms. The summed E-state index contributed by atoms with van der Waals surface area (Å²) in [5, 5.41) is 0. The number of piperidine rings is 1. The lowest BCUT2D eigenvalue weighted by atomic mass is 9.96. The van der Waals surface area contributed by atoms with Crippen LogP contribution in [0.3, 0.4) is 0 Å². The Bertz CT molecular complexity index is 536. The molecule has 1 unspecified atom stereocenters. The number of nitrogens with zero attached hydrogens (tertiary/aromatic N) is 4. The van der Waals surface area contributed by atoms with Gasteiger partial charge in [-0.3, -0.25) is 14.6 Å². The van der Waals surface area contributed by atoms with E-state index in [2.05, 4.69) is 9.97 Å². The fourth-order valence-electron chi connectivity index (χ4n) is 2.61. The molecule has 1 aromatic rings. The monoisotopic (exact) mass is 332 g/mol. The van der Waals surface area contributed by atoms with E-state index in [9.17, 15) is 18.0 Å². The molecule has 6 nitrogen and oxygen atoms in total. The van der Waals surface area contributed by atoms with E-state index in [0.29, 0.717) is 25.1 Å². The molecule has 0 saturated carbocycles. The van der Waals surface area contributed by atoms with Crippen LogP contribution < -0.4 is 9.64 Å². The largest absolute Gasteiger partial charge is 0.494 e. The van der Waals surface area contributed by atoms with Crippen molar-refractivity contribution in [2.45, 2.75) is 19.0 Å². The summed E-state index contributed by atoms with van der Waals surface area (Å²) in [6.45, 7) is -0.537. The number of likely N-dealkylation sites (tertiary alicyclic amines) is 1. The molecule has 9 heteroatoms. The Kier molecular flexibility index (Phi) is 5.40. The summed E-state index contributed by atoms with van der Waals surface area (Å²) in [4.78, 5) is 23.1. The second kappa shape index (κ2) is 7.12. The van der Waals surface area contributed by atoms with E-state index >= 15 is 0 Å². The smallest absolute Gasteiger partial charge is 0.401 e. The summed E-state index contributed by atoms with van der Waals surface area (Å²) in [6, 6.07) is 0. The molecule has 2 rings (SSSR count). The molecule has 0 bridgehead atoms. The van der Waals surface area contributed by atoms with Crippen molar-refractivity contribution < 1.29 is 22.7 Å². The van der Waals surface area contributed by atoms with Gasteiger partial charge in [0.25, 0.3) is 0 Å². The van der Waals surface area contributed by atoms with Gasteiger partial charge in [-0.05, 0) is 19.4 Å². The van der Waals surface area contributed by atoms with Crippen LogP contribution in [0.2, 0.25) is 0 Å². The van der Waals surface area contributed by atoms with E-state index in [1.165, 1.54) is 36.4 Å². The van der Waals surface area contributed by atoms with Crippen LogP contribution in [0.5, 0.6) is 5.75 Å². The van der Waals surface area contributed by atoms with Gasteiger partial charge in [-0.25, -0.2) is 9.97 Å². The third kappa shape index (κ3) is 4.78. The second-order valence-corrected chi connectivity index (χ2v) is 5.51. The molecule has 1 aromatic heterocycles. The van der Waals surface area contributed by atoms with Crippen molar-refractivity contribution in [3.63, 3.8) is 0 Å². The van der Waals surface area contributed by atoms with Gasteiger partial charge in [0, 0.05) is 13.6 Å². The number of halogens is 3. The molecule has 1 amide bonds. The molecule has 2 heterocycles. The summed E-state index contributed by atoms with van der Waals surface area (Å²) in [5.74, 6) is -0.101. The van der Waals surface area contributed by atoms with Crippen molar-refractivity contribution in [1.82, 2.24) is 14.9 Å². The van der Waals surface area contributed by atoms with Gasteiger partial charge >= 0.3 is 6.18 Å². The topological polar surface area (TPSA) is 58.6 Å². The van der Waals surface area contributed by atoms with Gasteiger partial charge in [0.05, 0.1) is 32.0 Å². The van der Waals surface area contributed by atoms with Gasteiger partial charge in [0.1, 0.15) is 0 Å². The third-order valence-corrected chi connectivity index (χ3v) is 3.74. The van der Waals surface area contributed by atoms with Gasteiger partial charge in [0.2, 0.25) is 11.9 Å². The van der Waals surface area contributed by atoms with Crippen LogP contribution in [0.15, 0.2) is 12.4 Å². The zero-order valence-electron chi connectivity index (χ0n) is 13.0. The lowest BCUT2D eigenvalue weighted by molar-refractivity contribution is -0.151. The first-order chi connectivity index (χ1) is 10.8. The van der Waals surface area contributed by atoms with Crippen molar-refractivity contribution >= 4 is 11.9 Å². The average molecular weight is 332 g/mol. The van der Waals surface area contributed by atoms with Gasteiger partial charge in [-0.15, -0.1) is 0 Å². The molecule has 1 fully saturated rings. The fourth-order valence-corrected chi connectivity index (χ4v) is 2.61. The molecule has 0 aromatic carbocycles. The van der Waals surface area contributed by atoms with Gasteiger partial charge < -0.3 is 4.74 Å². The molecule has 1 aliphatic heterocycles. The Morgan fingerprint density at radius 3 is 2.65 bits per heavy atom. The first-order valence-electron chi connectivity index (χ1n) is 7.23. The average Bonchev–Trinajstić information content (AvgIpc) is 2.52. The zero-order chi connectivity index (χ0) is 17.0. The maximum atomic E-state index is 12.5. The predicted octanol–water partition coefficient (Wildman–Crippen LogP) is 1.72. The summed E-state index contributed by atoms with van der Waals surface area (Å²) in [6.07, 6.45) is -0.265. The number of anilines is 1. The lowest BCUT2D eigenvalue weighted by Gasteiger charge is -2.33. The highest BCUT2D eigenvalue weighted by molar-refractivity contribution is 5.93. The van der Waals surface area contributed by atoms with E-state index in [1.54, 1.807) is 0 Å². The Balaban J connectivity index is 2.00. The summed E-state index contributed by atoms with van der Waals surface area (Å²) < 4.78 is 42.4. The van der Waals surface area contributed by atoms with Crippen molar-refractivity contribution in [2.24, 2.45) is 5.92 Å².